The van der Waals surface area contributed by atoms with Crippen LogP contribution >= 0.6 is 0 Å². The Hall–Kier alpha value is -13.0. The van der Waals surface area contributed by atoms with E-state index in [2.05, 4.69) is 79.8 Å². The van der Waals surface area contributed by atoms with E-state index in [9.17, 15) is 137 Å². The van der Waals surface area contributed by atoms with E-state index in [1.807, 2.05) is 0 Å². The van der Waals surface area contributed by atoms with Crippen LogP contribution in [0.5, 0.6) is 11.5 Å². The summed E-state index contributed by atoms with van der Waals surface area (Å²) in [6.45, 7) is 10.2. The lowest BCUT2D eigenvalue weighted by Crippen LogP contribution is -2.63. The van der Waals surface area contributed by atoms with Crippen LogP contribution in [0.3, 0.4) is 0 Å². The Morgan fingerprint density at radius 3 is 1.31 bits per heavy atom. The monoisotopic (exact) mass is 1850 g/mol. The molecular formula is C86H127N17O28. The van der Waals surface area contributed by atoms with E-state index in [1.165, 1.54) is 81.4 Å². The number of benzene rings is 3. The lowest BCUT2D eigenvalue weighted by Gasteiger charge is -2.30. The van der Waals surface area contributed by atoms with E-state index < -0.39 is 267 Å². The van der Waals surface area contributed by atoms with Gasteiger partial charge in [-0.2, -0.15) is 0 Å². The SMILES string of the molecule is CC[C@H](C)[C@H](NC(=O)[C@H](CO)NC(=O)[C@H](Cc1ccc(O)cc1)NC(=O)[C@H](CC(=O)O)NC(=O)[C@H](CO)NC(=O)[C@@H](NC(=O)[C@H](Cc1ccccc1)NC(=O)[C@@H](NC(=O)CNC(=O)[C@H](CCC(=O)O)NC(=O)C(C)(C)C(=O)NCCN1CCCCC1=O)[C@@H](C)O)[C@@H](C)O)C(=O)N[C@@H](Cc1ccc(O)cc1)C(=O)N[C@@H](CC(C)C)C(=O)N[C@@H](CC(=O)O)C(=O)N[C@H](C)CCCCN. The van der Waals surface area contributed by atoms with Crippen LogP contribution in [0.15, 0.2) is 78.9 Å². The first-order chi connectivity index (χ1) is 61.7. The molecule has 3 aromatic carbocycles. The molecule has 1 saturated heterocycles. The summed E-state index contributed by atoms with van der Waals surface area (Å²) in [5.41, 5.74) is 4.62. The smallest absolute Gasteiger partial charge is 0.305 e. The zero-order valence-electron chi connectivity index (χ0n) is 74.7. The number of hydrogen-bond acceptors (Lipinski definition) is 26. The molecule has 0 radical (unpaired) electrons. The number of aliphatic carboxylic acids is 3. The van der Waals surface area contributed by atoms with Gasteiger partial charge in [0.2, 0.25) is 94.5 Å². The third kappa shape index (κ3) is 38.3. The number of likely N-dealkylation sites (tertiary alicyclic amines) is 1. The maximum absolute atomic E-state index is 14.7. The quantitative estimate of drug-likeness (QED) is 0.0185. The minimum atomic E-state index is -2.23. The van der Waals surface area contributed by atoms with Crippen molar-refractivity contribution in [1.29, 1.82) is 0 Å². The Bertz CT molecular complexity index is 4410. The van der Waals surface area contributed by atoms with Crippen LogP contribution < -0.4 is 85.5 Å². The Kier molecular flexibility index (Phi) is 46.4. The van der Waals surface area contributed by atoms with Crippen molar-refractivity contribution in [3.63, 3.8) is 0 Å². The third-order valence-corrected chi connectivity index (χ3v) is 21.3. The van der Waals surface area contributed by atoms with Crippen LogP contribution in [0.2, 0.25) is 0 Å². The fourth-order valence-corrected chi connectivity index (χ4v) is 13.4. The van der Waals surface area contributed by atoms with Crippen LogP contribution in [0.1, 0.15) is 156 Å². The molecule has 1 heterocycles. The van der Waals surface area contributed by atoms with Gasteiger partial charge in [0.05, 0.1) is 44.8 Å². The van der Waals surface area contributed by atoms with Crippen LogP contribution in [0, 0.1) is 17.3 Å². The molecule has 16 amide bonds. The molecule has 0 unspecified atom stereocenters. The fraction of sp³-hybridized carbons (Fsp3) is 0.570. The number of aliphatic hydroxyl groups is 4. The molecule has 724 valence electrons. The molecule has 16 atom stereocenters. The van der Waals surface area contributed by atoms with Crippen LogP contribution in [-0.4, -0.2) is 300 Å². The van der Waals surface area contributed by atoms with Gasteiger partial charge in [0.25, 0.3) is 0 Å². The predicted molar refractivity (Wildman–Crippen MR) is 465 cm³/mol. The van der Waals surface area contributed by atoms with Gasteiger partial charge in [0.15, 0.2) is 0 Å². The number of carbonyl (C=O) groups excluding carboxylic acids is 16. The van der Waals surface area contributed by atoms with Gasteiger partial charge in [-0.15, -0.1) is 0 Å². The van der Waals surface area contributed by atoms with Crippen molar-refractivity contribution in [2.75, 3.05) is 45.9 Å². The van der Waals surface area contributed by atoms with Gasteiger partial charge in [-0.25, -0.2) is 0 Å². The average molecular weight is 1850 g/mol. The van der Waals surface area contributed by atoms with E-state index in [0.717, 1.165) is 26.7 Å². The number of carboxylic acids is 3. The highest BCUT2D eigenvalue weighted by Gasteiger charge is 2.42. The summed E-state index contributed by atoms with van der Waals surface area (Å²) in [6.07, 6.45) is -4.66. The molecule has 0 saturated carbocycles. The Morgan fingerprint density at radius 2 is 0.847 bits per heavy atom. The second-order valence-electron chi connectivity index (χ2n) is 33.1. The normalized spacial score (nSPS) is 15.7. The van der Waals surface area contributed by atoms with Gasteiger partial charge in [-0.3, -0.25) is 91.1 Å². The highest BCUT2D eigenvalue weighted by Crippen LogP contribution is 2.21. The molecule has 0 spiro atoms. The second-order valence-corrected chi connectivity index (χ2v) is 33.1. The molecular weight excluding hydrogens is 1720 g/mol. The van der Waals surface area contributed by atoms with Crippen molar-refractivity contribution < 1.29 is 137 Å². The number of nitrogens with two attached hydrogens (primary N) is 1. The highest BCUT2D eigenvalue weighted by molar-refractivity contribution is 6.06. The van der Waals surface area contributed by atoms with Gasteiger partial charge in [0.1, 0.15) is 89.4 Å². The van der Waals surface area contributed by atoms with Crippen molar-refractivity contribution >= 4 is 112 Å². The van der Waals surface area contributed by atoms with Crippen molar-refractivity contribution in [2.24, 2.45) is 23.0 Å². The summed E-state index contributed by atoms with van der Waals surface area (Å²) >= 11 is 0. The van der Waals surface area contributed by atoms with Crippen molar-refractivity contribution in [3.8, 4) is 11.5 Å². The lowest BCUT2D eigenvalue weighted by atomic mass is 9.90. The van der Waals surface area contributed by atoms with Crippen LogP contribution in [-0.2, 0) is 110 Å². The number of nitrogens with zero attached hydrogens (tertiary/aromatic N) is 1. The number of carbonyl (C=O) groups is 19. The molecule has 1 fully saturated rings. The van der Waals surface area contributed by atoms with Gasteiger partial charge in [-0.05, 0) is 132 Å². The lowest BCUT2D eigenvalue weighted by molar-refractivity contribution is -0.144. The first-order valence-electron chi connectivity index (χ1n) is 43.0. The number of phenolic OH excluding ortho intramolecular Hbond substituents is 2. The molecule has 3 aromatic rings. The first kappa shape index (κ1) is 110. The van der Waals surface area contributed by atoms with E-state index in [-0.39, 0.29) is 61.2 Å². The van der Waals surface area contributed by atoms with Gasteiger partial charge < -0.3 is 136 Å². The molecule has 1 aliphatic heterocycles. The average Bonchev–Trinajstić information content (AvgIpc) is 0.837. The number of unbranched alkanes of at least 4 members (excludes halogenated alkanes) is 1. The number of hydrogen-bond donors (Lipinski definition) is 25. The second kappa shape index (κ2) is 55.1. The number of carboxylic acid groups (broad SMARTS) is 3. The first-order valence-corrected chi connectivity index (χ1v) is 43.0. The maximum Gasteiger partial charge on any atom is 0.305 e. The van der Waals surface area contributed by atoms with Crippen molar-refractivity contribution in [1.82, 2.24) is 84.7 Å². The number of amides is 16. The molecule has 0 aromatic heterocycles. The molecule has 45 heteroatoms. The summed E-state index contributed by atoms with van der Waals surface area (Å²) in [5.74, 6) is -23.6. The highest BCUT2D eigenvalue weighted by atomic mass is 16.4. The van der Waals surface area contributed by atoms with Crippen molar-refractivity contribution in [3.05, 3.63) is 95.6 Å². The molecule has 4 rings (SSSR count). The topological polar surface area (TPSA) is 716 Å². The zero-order valence-corrected chi connectivity index (χ0v) is 74.7. The Morgan fingerprint density at radius 1 is 0.435 bits per heavy atom. The fourth-order valence-electron chi connectivity index (χ4n) is 13.4. The minimum absolute atomic E-state index is 0.0143. The summed E-state index contributed by atoms with van der Waals surface area (Å²) < 4.78 is 0. The summed E-state index contributed by atoms with van der Waals surface area (Å²) in [5, 5.41) is 128. The number of phenols is 2. The van der Waals surface area contributed by atoms with Crippen LogP contribution in [0.4, 0.5) is 0 Å². The van der Waals surface area contributed by atoms with E-state index in [4.69, 9.17) is 5.73 Å². The van der Waals surface area contributed by atoms with E-state index in [0.29, 0.717) is 49.9 Å². The molecule has 0 aliphatic carbocycles. The van der Waals surface area contributed by atoms with E-state index >= 15 is 0 Å². The molecule has 45 nitrogen and oxygen atoms in total. The number of nitrogens with one attached hydrogen (secondary N) is 15. The van der Waals surface area contributed by atoms with Gasteiger partial charge in [-0.1, -0.05) is 95.1 Å². The van der Waals surface area contributed by atoms with Crippen molar-refractivity contribution in [2.45, 2.75) is 249 Å². The van der Waals surface area contributed by atoms with Gasteiger partial charge in [0, 0.05) is 57.8 Å². The van der Waals surface area contributed by atoms with Crippen LogP contribution in [0.25, 0.3) is 0 Å². The number of aromatic hydroxyl groups is 2. The van der Waals surface area contributed by atoms with E-state index in [1.54, 1.807) is 50.8 Å². The summed E-state index contributed by atoms with van der Waals surface area (Å²) in [6, 6.07) is -4.44. The number of rotatable bonds is 57. The maximum atomic E-state index is 14.7. The molecule has 1 aliphatic rings. The summed E-state index contributed by atoms with van der Waals surface area (Å²) in [7, 11) is 0. The number of aliphatic hydroxyl groups excluding tert-OH is 4. The third-order valence-electron chi connectivity index (χ3n) is 21.3. The standard InChI is InChI=1S/C86H127N17O28/c1-10-46(4)69(81(127)95-58(39-52-24-28-54(109)29-25-52)75(121)91-56(36-45(2)3)74(120)93-60(40-67(114)115)73(119)90-47(5)18-14-16-32-87)101-80(126)63(44-105)97-76(122)57(38-51-22-26-53(108)27-23-51)92-77(123)61(41-68(116)117)94-79(125)62(43-104)98-83(129)71(49(7)107)102-78(124)59(37-50-19-12-11-13-20-50)96-82(128)70(48(6)106)100-64(110)42-89-72(118)55(30-31-66(112)113)99-85(131)86(8,9)84(130)88-33-35-103-34-17-15-21-65(103)111/h11-13,19-20,22-29,45-49,55-63,69-71,104-109H,10,14-18,21,30-44,87H2,1-9H3,(H,88,130)(H,89,118)(H,90,119)(H,91,121)(H,92,123)(H,93,120)(H,94,125)(H,95,127)(H,96,128)(H,97,122)(H,98,129)(H,99,131)(H,100,110)(H,101,126)(H,102,124)(H,112,113)(H,114,115)(H,116,117)/t46-,47+,48+,49+,55-,56-,57-,58-,59-,60-,61-,62-,63-,69-,70-,71-/m0/s1. The zero-order chi connectivity index (χ0) is 98.1. The molecule has 26 N–H and O–H groups in total. The van der Waals surface area contributed by atoms with Gasteiger partial charge >= 0.3 is 17.9 Å². The molecule has 0 bridgehead atoms. The summed E-state index contributed by atoms with van der Waals surface area (Å²) in [4.78, 5) is 261. The predicted octanol–water partition coefficient (Wildman–Crippen LogP) is -5.50. The minimum Gasteiger partial charge on any atom is -0.508 e. The number of piperidine rings is 1. The Balaban J connectivity index is 1.55. The Labute approximate surface area is 756 Å². The largest absolute Gasteiger partial charge is 0.508 e. The molecule has 131 heavy (non-hydrogen) atoms.